The van der Waals surface area contributed by atoms with Crippen LogP contribution in [0.3, 0.4) is 0 Å². The van der Waals surface area contributed by atoms with E-state index in [9.17, 15) is 4.79 Å². The molecule has 1 aliphatic carbocycles. The molecule has 17 heavy (non-hydrogen) atoms. The number of ether oxygens (including phenoxy) is 1. The molecule has 0 amide bonds. The second-order valence-corrected chi connectivity index (χ2v) is 4.63. The van der Waals surface area contributed by atoms with Crippen LogP contribution in [0.4, 0.5) is 0 Å². The zero-order chi connectivity index (χ0) is 12.9. The minimum absolute atomic E-state index is 0.260. The van der Waals surface area contributed by atoms with E-state index in [2.05, 4.69) is 25.0 Å². The lowest BCUT2D eigenvalue weighted by Gasteiger charge is -2.29. The molecule has 1 saturated carbocycles. The van der Waals surface area contributed by atoms with E-state index in [-0.39, 0.29) is 11.9 Å². The maximum absolute atomic E-state index is 11.3. The lowest BCUT2D eigenvalue weighted by atomic mass is 9.88. The van der Waals surface area contributed by atoms with E-state index in [0.29, 0.717) is 0 Å². The van der Waals surface area contributed by atoms with Gasteiger partial charge in [0.05, 0.1) is 0 Å². The Bertz CT molecular complexity index is 383. The summed E-state index contributed by atoms with van der Waals surface area (Å²) in [4.78, 5) is 11.3. The van der Waals surface area contributed by atoms with Crippen molar-refractivity contribution in [2.45, 2.75) is 45.1 Å². The molecule has 0 heterocycles. The molecule has 0 spiro atoms. The second-order valence-electron chi connectivity index (χ2n) is 4.63. The van der Waals surface area contributed by atoms with Gasteiger partial charge in [0.2, 0.25) is 0 Å². The van der Waals surface area contributed by atoms with Gasteiger partial charge in [0.15, 0.2) is 5.60 Å². The average Bonchev–Trinajstić information content (AvgIpc) is 2.59. The molecule has 1 fully saturated rings. The Morgan fingerprint density at radius 3 is 2.82 bits per heavy atom. The van der Waals surface area contributed by atoms with Gasteiger partial charge in [-0.1, -0.05) is 18.6 Å². The van der Waals surface area contributed by atoms with Crippen molar-refractivity contribution >= 4 is 5.97 Å². The van der Waals surface area contributed by atoms with Gasteiger partial charge in [0.25, 0.3) is 0 Å². The van der Waals surface area contributed by atoms with Crippen LogP contribution in [0, 0.1) is 17.8 Å². The summed E-state index contributed by atoms with van der Waals surface area (Å²) in [6.07, 6.45) is 5.58. The standard InChI is InChI=1S/C15H20O2/c1-5-7-14-8-6-10-15(14,17-13(4)16)11-9-12(2)3/h5,14H,1-2,6-8,10H2,3-4H3/t14-,15-/m1/s1. The SMILES string of the molecule is C=CC[C@@H]1CCC[C@]1(C#CC(=C)C)OC(C)=O. The molecule has 0 aliphatic heterocycles. The third-order valence-corrected chi connectivity index (χ3v) is 3.02. The number of hydrogen-bond acceptors (Lipinski definition) is 2. The van der Waals surface area contributed by atoms with Crippen LogP contribution in [-0.4, -0.2) is 11.6 Å². The lowest BCUT2D eigenvalue weighted by Crippen LogP contribution is -2.36. The first-order valence-corrected chi connectivity index (χ1v) is 5.99. The Morgan fingerprint density at radius 1 is 1.59 bits per heavy atom. The van der Waals surface area contributed by atoms with Gasteiger partial charge in [-0.05, 0) is 44.1 Å². The Labute approximate surface area is 104 Å². The van der Waals surface area contributed by atoms with Gasteiger partial charge in [-0.2, -0.15) is 0 Å². The molecule has 0 aromatic carbocycles. The summed E-state index contributed by atoms with van der Waals surface area (Å²) in [7, 11) is 0. The van der Waals surface area contributed by atoms with E-state index in [1.807, 2.05) is 13.0 Å². The monoisotopic (exact) mass is 232 g/mol. The largest absolute Gasteiger partial charge is 0.446 e. The number of carbonyl (C=O) groups is 1. The summed E-state index contributed by atoms with van der Waals surface area (Å²) in [5, 5.41) is 0. The minimum atomic E-state index is -0.626. The maximum atomic E-state index is 11.3. The summed E-state index contributed by atoms with van der Waals surface area (Å²) >= 11 is 0. The van der Waals surface area contributed by atoms with E-state index in [4.69, 9.17) is 4.74 Å². The summed E-state index contributed by atoms with van der Waals surface area (Å²) < 4.78 is 5.51. The fourth-order valence-electron chi connectivity index (χ4n) is 2.35. The maximum Gasteiger partial charge on any atom is 0.304 e. The topological polar surface area (TPSA) is 26.3 Å². The number of carbonyl (C=O) groups excluding carboxylic acids is 1. The predicted molar refractivity (Wildman–Crippen MR) is 69.2 cm³/mol. The molecule has 2 nitrogen and oxygen atoms in total. The van der Waals surface area contributed by atoms with E-state index < -0.39 is 5.60 Å². The van der Waals surface area contributed by atoms with Crippen LogP contribution >= 0.6 is 0 Å². The molecule has 0 aromatic rings. The number of allylic oxidation sites excluding steroid dienone is 2. The zero-order valence-electron chi connectivity index (χ0n) is 10.7. The molecular formula is C15H20O2. The molecule has 1 rings (SSSR count). The van der Waals surface area contributed by atoms with Crippen LogP contribution < -0.4 is 0 Å². The predicted octanol–water partition coefficient (Wildman–Crippen LogP) is 3.24. The van der Waals surface area contributed by atoms with Crippen molar-refractivity contribution in [1.29, 1.82) is 0 Å². The molecule has 0 N–H and O–H groups in total. The Balaban J connectivity index is 3.00. The number of hydrogen-bond donors (Lipinski definition) is 0. The fraction of sp³-hybridized carbons (Fsp3) is 0.533. The smallest absolute Gasteiger partial charge is 0.304 e. The van der Waals surface area contributed by atoms with Crippen LogP contribution in [0.5, 0.6) is 0 Å². The van der Waals surface area contributed by atoms with Crippen LogP contribution in [0.25, 0.3) is 0 Å². The summed E-state index contributed by atoms with van der Waals surface area (Å²) in [5.41, 5.74) is 0.166. The van der Waals surface area contributed by atoms with Gasteiger partial charge in [0.1, 0.15) is 0 Å². The van der Waals surface area contributed by atoms with Crippen molar-refractivity contribution in [1.82, 2.24) is 0 Å². The number of esters is 1. The van der Waals surface area contributed by atoms with E-state index in [0.717, 1.165) is 31.3 Å². The Kier molecular flexibility index (Phi) is 4.57. The highest BCUT2D eigenvalue weighted by Crippen LogP contribution is 2.40. The lowest BCUT2D eigenvalue weighted by molar-refractivity contribution is -0.154. The minimum Gasteiger partial charge on any atom is -0.446 e. The fourth-order valence-corrected chi connectivity index (χ4v) is 2.35. The highest BCUT2D eigenvalue weighted by atomic mass is 16.6. The highest BCUT2D eigenvalue weighted by molar-refractivity contribution is 5.67. The third-order valence-electron chi connectivity index (χ3n) is 3.02. The van der Waals surface area contributed by atoms with Crippen LogP contribution in [-0.2, 0) is 9.53 Å². The molecule has 1 aliphatic rings. The first kappa shape index (κ1) is 13.6. The summed E-state index contributed by atoms with van der Waals surface area (Å²) in [5.74, 6) is 6.08. The van der Waals surface area contributed by atoms with Crippen LogP contribution in [0.15, 0.2) is 24.8 Å². The van der Waals surface area contributed by atoms with Crippen molar-refractivity contribution in [2.24, 2.45) is 5.92 Å². The van der Waals surface area contributed by atoms with Gasteiger partial charge in [0, 0.05) is 12.8 Å². The van der Waals surface area contributed by atoms with Crippen molar-refractivity contribution in [3.05, 3.63) is 24.8 Å². The Hall–Kier alpha value is -1.49. The van der Waals surface area contributed by atoms with E-state index >= 15 is 0 Å². The van der Waals surface area contributed by atoms with Crippen molar-refractivity contribution in [2.75, 3.05) is 0 Å². The highest BCUT2D eigenvalue weighted by Gasteiger charge is 2.43. The molecule has 2 heteroatoms. The molecule has 0 aromatic heterocycles. The normalized spacial score (nSPS) is 26.8. The van der Waals surface area contributed by atoms with Crippen molar-refractivity contribution in [3.8, 4) is 11.8 Å². The Morgan fingerprint density at radius 2 is 2.29 bits per heavy atom. The van der Waals surface area contributed by atoms with Gasteiger partial charge in [-0.25, -0.2) is 0 Å². The summed E-state index contributed by atoms with van der Waals surface area (Å²) in [6, 6.07) is 0. The first-order chi connectivity index (χ1) is 8.00. The van der Waals surface area contributed by atoms with Gasteiger partial charge in [-0.15, -0.1) is 6.58 Å². The first-order valence-electron chi connectivity index (χ1n) is 5.99. The van der Waals surface area contributed by atoms with Gasteiger partial charge >= 0.3 is 5.97 Å². The quantitative estimate of drug-likeness (QED) is 0.424. The molecule has 0 unspecified atom stereocenters. The van der Waals surface area contributed by atoms with E-state index in [1.54, 1.807) is 0 Å². The molecule has 0 radical (unpaired) electrons. The van der Waals surface area contributed by atoms with Crippen LogP contribution in [0.2, 0.25) is 0 Å². The molecular weight excluding hydrogens is 212 g/mol. The van der Waals surface area contributed by atoms with Crippen molar-refractivity contribution < 1.29 is 9.53 Å². The number of rotatable bonds is 3. The second kappa shape index (κ2) is 5.72. The molecule has 0 bridgehead atoms. The van der Waals surface area contributed by atoms with E-state index in [1.165, 1.54) is 6.92 Å². The summed E-state index contributed by atoms with van der Waals surface area (Å²) in [6.45, 7) is 10.8. The van der Waals surface area contributed by atoms with Gasteiger partial charge < -0.3 is 4.74 Å². The van der Waals surface area contributed by atoms with Gasteiger partial charge in [-0.3, -0.25) is 4.79 Å². The van der Waals surface area contributed by atoms with Crippen molar-refractivity contribution in [3.63, 3.8) is 0 Å². The van der Waals surface area contributed by atoms with Crippen LogP contribution in [0.1, 0.15) is 39.5 Å². The molecule has 0 saturated heterocycles. The zero-order valence-corrected chi connectivity index (χ0v) is 10.7. The average molecular weight is 232 g/mol. The third kappa shape index (κ3) is 3.49. The molecule has 2 atom stereocenters. The molecule has 92 valence electrons.